The van der Waals surface area contributed by atoms with Gasteiger partial charge in [-0.3, -0.25) is 4.79 Å². The molecule has 5 heteroatoms. The van der Waals surface area contributed by atoms with E-state index in [4.69, 9.17) is 4.74 Å². The van der Waals surface area contributed by atoms with Crippen LogP contribution >= 0.6 is 0 Å². The molecule has 100 valence electrons. The zero-order chi connectivity index (χ0) is 13.1. The molecular weight excluding hydrogens is 230 g/mol. The van der Waals surface area contributed by atoms with Crippen molar-refractivity contribution in [1.82, 2.24) is 14.5 Å². The first kappa shape index (κ1) is 13.1. The van der Waals surface area contributed by atoms with E-state index in [9.17, 15) is 4.79 Å². The number of carbonyl (C=O) groups excluding carboxylic acids is 1. The highest BCUT2D eigenvalue weighted by molar-refractivity contribution is 5.76. The minimum atomic E-state index is 0.185. The van der Waals surface area contributed by atoms with E-state index in [1.807, 2.05) is 25.1 Å². The molecular formula is C13H21N3O2. The standard InChI is InChI=1S/C13H21N3O2/c1-10-8-15(2)13(14-10)11-4-6-16(9-11)12(17)5-7-18-3/h8,11H,4-7,9H2,1-3H3/t11-/m1/s1. The molecule has 0 N–H and O–H groups in total. The van der Waals surface area contributed by atoms with E-state index in [1.54, 1.807) is 7.11 Å². The number of imidazole rings is 1. The van der Waals surface area contributed by atoms with Crippen LogP contribution in [0.3, 0.4) is 0 Å². The van der Waals surface area contributed by atoms with Gasteiger partial charge in [-0.25, -0.2) is 4.98 Å². The van der Waals surface area contributed by atoms with Gasteiger partial charge in [-0.2, -0.15) is 0 Å². The largest absolute Gasteiger partial charge is 0.384 e. The molecule has 0 radical (unpaired) electrons. The number of likely N-dealkylation sites (tertiary alicyclic amines) is 1. The van der Waals surface area contributed by atoms with E-state index in [-0.39, 0.29) is 5.91 Å². The van der Waals surface area contributed by atoms with Gasteiger partial charge >= 0.3 is 0 Å². The Hall–Kier alpha value is -1.36. The monoisotopic (exact) mass is 251 g/mol. The van der Waals surface area contributed by atoms with Gasteiger partial charge in [0.05, 0.1) is 18.7 Å². The average molecular weight is 251 g/mol. The number of hydrogen-bond donors (Lipinski definition) is 0. The van der Waals surface area contributed by atoms with Gasteiger partial charge in [-0.15, -0.1) is 0 Å². The molecule has 5 nitrogen and oxygen atoms in total. The summed E-state index contributed by atoms with van der Waals surface area (Å²) < 4.78 is 7.01. The minimum Gasteiger partial charge on any atom is -0.384 e. The maximum atomic E-state index is 11.9. The summed E-state index contributed by atoms with van der Waals surface area (Å²) in [6, 6.07) is 0. The van der Waals surface area contributed by atoms with E-state index in [1.165, 1.54) is 0 Å². The third-order valence-electron chi connectivity index (χ3n) is 3.46. The van der Waals surface area contributed by atoms with Crippen molar-refractivity contribution in [1.29, 1.82) is 0 Å². The van der Waals surface area contributed by atoms with E-state index >= 15 is 0 Å². The number of ether oxygens (including phenoxy) is 1. The van der Waals surface area contributed by atoms with Crippen molar-refractivity contribution in [2.24, 2.45) is 7.05 Å². The number of amides is 1. The first-order valence-corrected chi connectivity index (χ1v) is 6.38. The van der Waals surface area contributed by atoms with Crippen LogP contribution in [0, 0.1) is 6.92 Å². The van der Waals surface area contributed by atoms with Gasteiger partial charge in [0, 0.05) is 39.4 Å². The number of methoxy groups -OCH3 is 1. The lowest BCUT2D eigenvalue weighted by molar-refractivity contribution is -0.131. The third-order valence-corrected chi connectivity index (χ3v) is 3.46. The molecule has 1 aromatic heterocycles. The summed E-state index contributed by atoms with van der Waals surface area (Å²) in [6.45, 7) is 4.12. The summed E-state index contributed by atoms with van der Waals surface area (Å²) in [5, 5.41) is 0. The maximum absolute atomic E-state index is 11.9. The predicted octanol–water partition coefficient (Wildman–Crippen LogP) is 1.08. The van der Waals surface area contributed by atoms with Gasteiger partial charge < -0.3 is 14.2 Å². The van der Waals surface area contributed by atoms with E-state index in [0.717, 1.165) is 31.0 Å². The van der Waals surface area contributed by atoms with Crippen molar-refractivity contribution >= 4 is 5.91 Å². The third kappa shape index (κ3) is 2.72. The molecule has 1 atom stereocenters. The summed E-state index contributed by atoms with van der Waals surface area (Å²) in [4.78, 5) is 18.4. The highest BCUT2D eigenvalue weighted by Gasteiger charge is 2.29. The van der Waals surface area contributed by atoms with Crippen LogP contribution < -0.4 is 0 Å². The first-order chi connectivity index (χ1) is 8.61. The van der Waals surface area contributed by atoms with Crippen LogP contribution in [0.25, 0.3) is 0 Å². The number of hydrogen-bond acceptors (Lipinski definition) is 3. The second-order valence-corrected chi connectivity index (χ2v) is 4.92. The molecule has 0 bridgehead atoms. The fourth-order valence-corrected chi connectivity index (χ4v) is 2.56. The number of aromatic nitrogens is 2. The van der Waals surface area contributed by atoms with Crippen molar-refractivity contribution in [3.05, 3.63) is 17.7 Å². The Morgan fingerprint density at radius 1 is 1.61 bits per heavy atom. The second-order valence-electron chi connectivity index (χ2n) is 4.92. The smallest absolute Gasteiger partial charge is 0.224 e. The molecule has 1 aromatic rings. The van der Waals surface area contributed by atoms with E-state index < -0.39 is 0 Å². The van der Waals surface area contributed by atoms with Crippen LogP contribution in [0.4, 0.5) is 0 Å². The Kier molecular flexibility index (Phi) is 4.01. The van der Waals surface area contributed by atoms with Crippen molar-refractivity contribution < 1.29 is 9.53 Å². The molecule has 1 fully saturated rings. The lowest BCUT2D eigenvalue weighted by Gasteiger charge is -2.16. The Balaban J connectivity index is 1.96. The van der Waals surface area contributed by atoms with Crippen LogP contribution in [0.2, 0.25) is 0 Å². The lowest BCUT2D eigenvalue weighted by atomic mass is 10.1. The molecule has 2 heterocycles. The van der Waals surface area contributed by atoms with Gasteiger partial charge in [0.15, 0.2) is 0 Å². The fourth-order valence-electron chi connectivity index (χ4n) is 2.56. The molecule has 1 amide bonds. The van der Waals surface area contributed by atoms with Crippen LogP contribution in [0.5, 0.6) is 0 Å². The molecule has 0 spiro atoms. The number of aryl methyl sites for hydroxylation is 2. The molecule has 1 aliphatic heterocycles. The molecule has 18 heavy (non-hydrogen) atoms. The van der Waals surface area contributed by atoms with Gasteiger partial charge in [-0.05, 0) is 13.3 Å². The minimum absolute atomic E-state index is 0.185. The molecule has 0 saturated carbocycles. The van der Waals surface area contributed by atoms with Crippen LogP contribution in [-0.4, -0.2) is 47.2 Å². The Morgan fingerprint density at radius 2 is 2.39 bits per heavy atom. The Labute approximate surface area is 108 Å². The zero-order valence-electron chi connectivity index (χ0n) is 11.3. The zero-order valence-corrected chi connectivity index (χ0v) is 11.3. The lowest BCUT2D eigenvalue weighted by Crippen LogP contribution is -2.29. The molecule has 1 aliphatic rings. The Bertz CT molecular complexity index is 428. The molecule has 0 unspecified atom stereocenters. The quantitative estimate of drug-likeness (QED) is 0.804. The summed E-state index contributed by atoms with van der Waals surface area (Å²) in [5.41, 5.74) is 1.04. The van der Waals surface area contributed by atoms with Crippen molar-refractivity contribution in [2.75, 3.05) is 26.8 Å². The summed E-state index contributed by atoms with van der Waals surface area (Å²) in [7, 11) is 3.64. The van der Waals surface area contributed by atoms with Crippen LogP contribution in [0.1, 0.15) is 30.3 Å². The van der Waals surface area contributed by atoms with E-state index in [2.05, 4.69) is 9.55 Å². The van der Waals surface area contributed by atoms with Gasteiger partial charge in [0.25, 0.3) is 0 Å². The maximum Gasteiger partial charge on any atom is 0.224 e. The summed E-state index contributed by atoms with van der Waals surface area (Å²) in [5.74, 6) is 1.65. The van der Waals surface area contributed by atoms with Gasteiger partial charge in [0.2, 0.25) is 5.91 Å². The Morgan fingerprint density at radius 3 is 3.00 bits per heavy atom. The molecule has 0 aliphatic carbocycles. The van der Waals surface area contributed by atoms with Gasteiger partial charge in [0.1, 0.15) is 5.82 Å². The normalized spacial score (nSPS) is 19.5. The van der Waals surface area contributed by atoms with Crippen molar-refractivity contribution in [3.8, 4) is 0 Å². The average Bonchev–Trinajstić information content (AvgIpc) is 2.92. The molecule has 0 aromatic carbocycles. The highest BCUT2D eigenvalue weighted by Crippen LogP contribution is 2.26. The van der Waals surface area contributed by atoms with Crippen LogP contribution in [0.15, 0.2) is 6.20 Å². The number of rotatable bonds is 4. The molecule has 2 rings (SSSR count). The number of carbonyl (C=O) groups is 1. The summed E-state index contributed by atoms with van der Waals surface area (Å²) >= 11 is 0. The highest BCUT2D eigenvalue weighted by atomic mass is 16.5. The predicted molar refractivity (Wildman–Crippen MR) is 68.4 cm³/mol. The fraction of sp³-hybridized carbons (Fsp3) is 0.692. The number of nitrogens with zero attached hydrogens (tertiary/aromatic N) is 3. The van der Waals surface area contributed by atoms with Crippen molar-refractivity contribution in [2.45, 2.75) is 25.7 Å². The first-order valence-electron chi connectivity index (χ1n) is 6.38. The molecule has 1 saturated heterocycles. The van der Waals surface area contributed by atoms with Crippen molar-refractivity contribution in [3.63, 3.8) is 0 Å². The second kappa shape index (κ2) is 5.52. The van der Waals surface area contributed by atoms with Crippen LogP contribution in [-0.2, 0) is 16.6 Å². The topological polar surface area (TPSA) is 47.4 Å². The van der Waals surface area contributed by atoms with Gasteiger partial charge in [-0.1, -0.05) is 0 Å². The SMILES string of the molecule is COCCC(=O)N1CC[C@@H](c2nc(C)cn2C)C1. The summed E-state index contributed by atoms with van der Waals surface area (Å²) in [6.07, 6.45) is 3.51. The van der Waals surface area contributed by atoms with E-state index in [0.29, 0.717) is 18.9 Å².